The van der Waals surface area contributed by atoms with Crippen molar-refractivity contribution in [1.29, 1.82) is 0 Å². The highest BCUT2D eigenvalue weighted by atomic mass is 16.5. The van der Waals surface area contributed by atoms with Crippen LogP contribution >= 0.6 is 0 Å². The van der Waals surface area contributed by atoms with E-state index >= 15 is 0 Å². The van der Waals surface area contributed by atoms with Gasteiger partial charge in [-0.2, -0.15) is 0 Å². The van der Waals surface area contributed by atoms with E-state index in [-0.39, 0.29) is 131 Å². The smallest absolute Gasteiger partial charge is 0.274 e. The Bertz CT molecular complexity index is 6330. The molecule has 0 spiro atoms. The van der Waals surface area contributed by atoms with Gasteiger partial charge in [-0.25, -0.2) is 38.0 Å². The molecule has 12 N–H and O–H groups in total. The normalized spacial score (nSPS) is 25.5. The summed E-state index contributed by atoms with van der Waals surface area (Å²) in [5, 5.41) is 55.2. The van der Waals surface area contributed by atoms with Crippen LogP contribution in [0.2, 0.25) is 0 Å². The summed E-state index contributed by atoms with van der Waals surface area (Å²) in [6.45, 7) is 2.84. The number of ether oxygens (including phenoxy) is 8. The van der Waals surface area contributed by atoms with E-state index in [4.69, 9.17) is 37.9 Å². The van der Waals surface area contributed by atoms with Gasteiger partial charge in [-0.05, 0) is 126 Å². The van der Waals surface area contributed by atoms with Crippen molar-refractivity contribution >= 4 is 115 Å². The number of nitrogens with one attached hydrogen (secondary N) is 12. The molecule has 22 rings (SSSR count). The first-order chi connectivity index (χ1) is 66.2. The molecule has 4 amide bonds. The Kier molecular flexibility index (Phi) is 26.1. The molecule has 0 aromatic carbocycles. The van der Waals surface area contributed by atoms with Crippen molar-refractivity contribution in [2.75, 3.05) is 140 Å². The molecule has 10 aliphatic rings. The minimum Gasteiger partial charge on any atom is -0.385 e. The van der Waals surface area contributed by atoms with E-state index in [1.165, 1.54) is 42.8 Å². The van der Waals surface area contributed by atoms with Gasteiger partial charge >= 0.3 is 0 Å². The molecule has 716 valence electrons. The molecule has 0 bridgehead atoms. The molecule has 2 unspecified atom stereocenters. The molecule has 10 fully saturated rings. The van der Waals surface area contributed by atoms with Crippen molar-refractivity contribution in [2.24, 2.45) is 23.7 Å². The van der Waals surface area contributed by atoms with Gasteiger partial charge in [0.1, 0.15) is 22.7 Å². The van der Waals surface area contributed by atoms with Gasteiger partial charge in [-0.15, -0.1) is 20.4 Å². The standard InChI is InChI=1S/2C23H27N7O4.2C23H29N7O4/c2*1-24-16-8-19(26-15-4-3-7-29(23(15)32)20-12-10-34-11-13(12)20)28-30-17(9-25-21(16)30)22(31)27-14-5-6-18(14)33-2;2*1-24-17-11-20(26-16-5-4-8-29(23(16)32)13-9-14(10-13)33-2)28-30-18(12-25-21(17)30)22(31)27-15-6-7-19(15)34-3/h2*3-4,7-9,12-14,18,20,24H,5-6,10-11H2,1-2H3,(H,26,28)(H,27,31);2*4-5,8,11-15,19,24H,6-7,9-10H2,1-3H3,(H,26,28)(H,27,31)/t2*12-,13+,14-,18-,20?;2*13?,14?,15-,19-/m1010/s1. The fourth-order valence-electron chi connectivity index (χ4n) is 19.3. The number of nitrogens with zero attached hydrogens (tertiary/aromatic N) is 16. The van der Waals surface area contributed by atoms with E-state index in [9.17, 15) is 38.4 Å². The molecular formula is C92H112N28O16. The first kappa shape index (κ1) is 91.4. The number of fused-ring (bicyclic) bond motifs is 6. The number of methoxy groups -OCH3 is 6. The maximum atomic E-state index is 13.2. The minimum atomic E-state index is -0.272. The number of carbonyl (C=O) groups is 4. The highest BCUT2D eigenvalue weighted by molar-refractivity contribution is 5.97. The summed E-state index contributed by atoms with van der Waals surface area (Å²) in [5.41, 5.74) is 7.20. The van der Waals surface area contributed by atoms with Gasteiger partial charge in [-0.1, -0.05) is 0 Å². The van der Waals surface area contributed by atoms with E-state index in [2.05, 4.69) is 104 Å². The quantitative estimate of drug-likeness (QED) is 0.0224. The van der Waals surface area contributed by atoms with Crippen LogP contribution in [-0.4, -0.2) is 258 Å². The number of carbonyl (C=O) groups excluding carboxylic acids is 4. The van der Waals surface area contributed by atoms with Gasteiger partial charge in [0.2, 0.25) is 0 Å². The van der Waals surface area contributed by atoms with Crippen LogP contribution in [0.4, 0.5) is 68.8 Å². The third-order valence-electron chi connectivity index (χ3n) is 28.2. The zero-order valence-electron chi connectivity index (χ0n) is 76.9. The van der Waals surface area contributed by atoms with Crippen LogP contribution in [0.25, 0.3) is 22.6 Å². The Morgan fingerprint density at radius 1 is 0.331 bits per heavy atom. The Labute approximate surface area is 778 Å². The predicted octanol–water partition coefficient (Wildman–Crippen LogP) is 6.67. The Balaban J connectivity index is 0.000000116. The molecule has 8 saturated carbocycles. The van der Waals surface area contributed by atoms with Crippen LogP contribution in [0, 0.1) is 23.7 Å². The second-order valence-corrected chi connectivity index (χ2v) is 35.7. The van der Waals surface area contributed by atoms with E-state index in [0.29, 0.717) is 164 Å². The largest absolute Gasteiger partial charge is 0.385 e. The maximum Gasteiger partial charge on any atom is 0.274 e. The SMILES string of the molecule is CNc1cc(Nc2cccn(C3CC(OC)C3)c2=O)nn2c(C(=O)N[C@@H]3CC[C@H]3OC)cnc12.CNc1cc(Nc2cccn(C3CC(OC)C3)c2=O)nn2c(C(=O)N[C@H]3CC[C@@H]3OC)cnc12.CNc1cc(Nc2cccn(C3[C@H]4COC[C@@H]34)c2=O)nn2c(C(=O)N[C@@H]3CC[C@H]3OC)cnc12.CNc1cc(Nc2cccn(C3[C@H]4COC[C@@H]34)c2=O)nn2c(C(=O)N[C@H]3CC[C@@H]3OC)cnc12. The van der Waals surface area contributed by atoms with Crippen molar-refractivity contribution in [3.8, 4) is 0 Å². The molecule has 136 heavy (non-hydrogen) atoms. The second-order valence-electron chi connectivity index (χ2n) is 35.7. The molecule has 8 aliphatic carbocycles. The lowest BCUT2D eigenvalue weighted by molar-refractivity contribution is 0.00509. The lowest BCUT2D eigenvalue weighted by atomic mass is 9.89. The van der Waals surface area contributed by atoms with Gasteiger partial charge in [0, 0.05) is 168 Å². The van der Waals surface area contributed by atoms with Crippen molar-refractivity contribution in [2.45, 2.75) is 162 Å². The van der Waals surface area contributed by atoms with Crippen LogP contribution in [-0.2, 0) is 37.9 Å². The molecule has 14 heterocycles. The number of amides is 4. The van der Waals surface area contributed by atoms with Gasteiger partial charge in [-0.3, -0.25) is 38.4 Å². The molecular weight excluding hydrogens is 1750 g/mol. The summed E-state index contributed by atoms with van der Waals surface area (Å²) in [7, 11) is 17.1. The van der Waals surface area contributed by atoms with E-state index < -0.39 is 0 Å². The summed E-state index contributed by atoms with van der Waals surface area (Å²) in [4.78, 5) is 122. The zero-order valence-corrected chi connectivity index (χ0v) is 76.9. The summed E-state index contributed by atoms with van der Waals surface area (Å²) in [6.07, 6.45) is 24.2. The predicted molar refractivity (Wildman–Crippen MR) is 503 cm³/mol. The summed E-state index contributed by atoms with van der Waals surface area (Å²) < 4.78 is 56.1. The monoisotopic (exact) mass is 1860 g/mol. The van der Waals surface area contributed by atoms with Crippen LogP contribution in [0.5, 0.6) is 0 Å². The number of anilines is 12. The van der Waals surface area contributed by atoms with Crippen molar-refractivity contribution in [1.82, 2.24) is 97.9 Å². The first-order valence-electron chi connectivity index (χ1n) is 46.0. The molecule has 0 radical (unpaired) electrons. The summed E-state index contributed by atoms with van der Waals surface area (Å²) in [5.74, 6) is 2.27. The molecule has 2 aliphatic heterocycles. The molecule has 12 aromatic rings. The van der Waals surface area contributed by atoms with Crippen LogP contribution < -0.4 is 86.0 Å². The maximum absolute atomic E-state index is 13.2. The Morgan fingerprint density at radius 3 is 0.794 bits per heavy atom. The molecule has 44 nitrogen and oxygen atoms in total. The van der Waals surface area contributed by atoms with Crippen molar-refractivity contribution in [3.63, 3.8) is 0 Å². The average molecular weight is 1870 g/mol. The lowest BCUT2D eigenvalue weighted by Crippen LogP contribution is -2.51. The topological polar surface area (TPSA) is 495 Å². The van der Waals surface area contributed by atoms with E-state index in [1.54, 1.807) is 150 Å². The van der Waals surface area contributed by atoms with Gasteiger partial charge in [0.05, 0.1) is 135 Å². The number of hydrogen-bond acceptors (Lipinski definition) is 32. The average Bonchev–Trinajstić information content (AvgIpc) is 1.57. The zero-order chi connectivity index (χ0) is 94.4. The summed E-state index contributed by atoms with van der Waals surface area (Å²) in [6, 6.07) is 21.9. The number of imidazole rings is 4. The third kappa shape index (κ3) is 17.8. The van der Waals surface area contributed by atoms with Gasteiger partial charge < -0.3 is 120 Å². The van der Waals surface area contributed by atoms with Gasteiger partial charge in [0.25, 0.3) is 45.9 Å². The van der Waals surface area contributed by atoms with Crippen LogP contribution in [0.1, 0.15) is 143 Å². The highest BCUT2D eigenvalue weighted by Crippen LogP contribution is 2.55. The molecule has 2 saturated heterocycles. The summed E-state index contributed by atoms with van der Waals surface area (Å²) >= 11 is 0. The fourth-order valence-corrected chi connectivity index (χ4v) is 19.3. The highest BCUT2D eigenvalue weighted by Gasteiger charge is 2.57. The van der Waals surface area contributed by atoms with Crippen LogP contribution in [0.15, 0.2) is 142 Å². The minimum absolute atomic E-state index is 0.0243. The number of rotatable bonds is 30. The third-order valence-corrected chi connectivity index (χ3v) is 28.2. The lowest BCUT2D eigenvalue weighted by Gasteiger charge is -2.35. The number of aromatic nitrogens is 16. The second kappa shape index (κ2) is 38.9. The molecule has 44 heteroatoms. The van der Waals surface area contributed by atoms with Crippen molar-refractivity contribution in [3.05, 3.63) is 187 Å². The van der Waals surface area contributed by atoms with Crippen molar-refractivity contribution < 1.29 is 57.1 Å². The number of pyridine rings is 4. The Morgan fingerprint density at radius 2 is 0.574 bits per heavy atom. The van der Waals surface area contributed by atoms with Gasteiger partial charge in [0.15, 0.2) is 68.6 Å². The van der Waals surface area contributed by atoms with Crippen LogP contribution in [0.3, 0.4) is 0 Å². The first-order valence-corrected chi connectivity index (χ1v) is 46.0. The molecule has 12 aromatic heterocycles. The van der Waals surface area contributed by atoms with E-state index in [1.807, 2.05) is 36.7 Å². The fraction of sp³-hybridized carbons (Fsp3) is 0.478. The van der Waals surface area contributed by atoms with E-state index in [0.717, 1.165) is 77.0 Å². The molecule has 14 atom stereocenters. The number of hydrogen-bond donors (Lipinski definition) is 12. The Hall–Kier alpha value is -13.8.